The number of aromatic carboxylic acids is 1. The lowest BCUT2D eigenvalue weighted by molar-refractivity contribution is 0.0694. The normalized spacial score (nSPS) is 9.68. The summed E-state index contributed by atoms with van der Waals surface area (Å²) in [6.45, 7) is 0. The Kier molecular flexibility index (Phi) is 3.83. The number of hydrogen-bond donors (Lipinski definition) is 1. The van der Waals surface area contributed by atoms with E-state index >= 15 is 0 Å². The summed E-state index contributed by atoms with van der Waals surface area (Å²) in [5, 5.41) is 18.1. The van der Waals surface area contributed by atoms with Crippen molar-refractivity contribution >= 4 is 21.9 Å². The molecule has 0 amide bonds. The van der Waals surface area contributed by atoms with Crippen LogP contribution >= 0.6 is 15.9 Å². The minimum absolute atomic E-state index is 0.0503. The summed E-state index contributed by atoms with van der Waals surface area (Å²) in [5.41, 5.74) is 0.379. The lowest BCUT2D eigenvalue weighted by Gasteiger charge is -2.09. The molecule has 94 valence electrons. The van der Waals surface area contributed by atoms with Gasteiger partial charge in [-0.15, -0.1) is 0 Å². The Labute approximate surface area is 118 Å². The van der Waals surface area contributed by atoms with Crippen LogP contribution in [0.4, 0.5) is 0 Å². The molecule has 0 atom stereocenters. The molecule has 0 saturated heterocycles. The summed E-state index contributed by atoms with van der Waals surface area (Å²) in [5.74, 6) is -0.556. The number of nitrogens with zero attached hydrogens (tertiary/aromatic N) is 1. The standard InChI is InChI=1S/C14H8BrNO3/c15-10-5-6-12(9(7-10)8-16)19-13-4-2-1-3-11(13)14(17)18/h1-7H,(H,17,18). The van der Waals surface area contributed by atoms with E-state index in [0.717, 1.165) is 4.47 Å². The number of nitriles is 1. The number of ether oxygens (including phenoxy) is 1. The van der Waals surface area contributed by atoms with Crippen molar-refractivity contribution in [1.29, 1.82) is 5.26 Å². The molecule has 0 saturated carbocycles. The van der Waals surface area contributed by atoms with Gasteiger partial charge in [0, 0.05) is 4.47 Å². The van der Waals surface area contributed by atoms with Crippen molar-refractivity contribution in [2.24, 2.45) is 0 Å². The molecule has 0 radical (unpaired) electrons. The summed E-state index contributed by atoms with van der Waals surface area (Å²) in [7, 11) is 0. The van der Waals surface area contributed by atoms with E-state index in [-0.39, 0.29) is 11.3 Å². The molecule has 2 rings (SSSR count). The molecule has 0 aliphatic carbocycles. The first-order valence-corrected chi connectivity index (χ1v) is 6.11. The van der Waals surface area contributed by atoms with E-state index in [1.165, 1.54) is 6.07 Å². The van der Waals surface area contributed by atoms with Gasteiger partial charge in [0.1, 0.15) is 23.1 Å². The Morgan fingerprint density at radius 3 is 2.63 bits per heavy atom. The predicted molar refractivity (Wildman–Crippen MR) is 72.3 cm³/mol. The number of hydrogen-bond acceptors (Lipinski definition) is 3. The van der Waals surface area contributed by atoms with Crippen LogP contribution in [-0.2, 0) is 0 Å². The average molecular weight is 318 g/mol. The van der Waals surface area contributed by atoms with E-state index in [1.54, 1.807) is 36.4 Å². The number of para-hydroxylation sites is 1. The first-order valence-electron chi connectivity index (χ1n) is 5.31. The second-order valence-corrected chi connectivity index (χ2v) is 4.57. The van der Waals surface area contributed by atoms with Gasteiger partial charge in [-0.3, -0.25) is 0 Å². The van der Waals surface area contributed by atoms with Crippen LogP contribution in [0.1, 0.15) is 15.9 Å². The van der Waals surface area contributed by atoms with Crippen LogP contribution in [0.25, 0.3) is 0 Å². The van der Waals surface area contributed by atoms with Gasteiger partial charge in [0.2, 0.25) is 0 Å². The molecule has 0 aliphatic heterocycles. The van der Waals surface area contributed by atoms with Gasteiger partial charge in [-0.05, 0) is 30.3 Å². The molecule has 0 aliphatic rings. The Hall–Kier alpha value is -2.32. The van der Waals surface area contributed by atoms with E-state index in [1.807, 2.05) is 6.07 Å². The highest BCUT2D eigenvalue weighted by Crippen LogP contribution is 2.29. The lowest BCUT2D eigenvalue weighted by atomic mass is 10.2. The number of carboxylic acid groups (broad SMARTS) is 1. The van der Waals surface area contributed by atoms with Crippen molar-refractivity contribution in [2.75, 3.05) is 0 Å². The van der Waals surface area contributed by atoms with Gasteiger partial charge in [0.05, 0.1) is 5.56 Å². The molecule has 0 fully saturated rings. The van der Waals surface area contributed by atoms with Crippen molar-refractivity contribution in [3.8, 4) is 17.6 Å². The molecule has 2 aromatic carbocycles. The van der Waals surface area contributed by atoms with Crippen LogP contribution in [0.2, 0.25) is 0 Å². The number of benzene rings is 2. The van der Waals surface area contributed by atoms with E-state index in [4.69, 9.17) is 15.1 Å². The molecule has 19 heavy (non-hydrogen) atoms. The zero-order chi connectivity index (χ0) is 13.8. The fourth-order valence-electron chi connectivity index (χ4n) is 1.53. The van der Waals surface area contributed by atoms with Gasteiger partial charge < -0.3 is 9.84 Å². The maximum Gasteiger partial charge on any atom is 0.339 e. The van der Waals surface area contributed by atoms with Crippen molar-refractivity contribution in [3.05, 3.63) is 58.1 Å². The molecule has 0 unspecified atom stereocenters. The first kappa shape index (κ1) is 13.1. The lowest BCUT2D eigenvalue weighted by Crippen LogP contribution is -2.00. The van der Waals surface area contributed by atoms with Crippen molar-refractivity contribution < 1.29 is 14.6 Å². The molecule has 0 bridgehead atoms. The van der Waals surface area contributed by atoms with Crippen LogP contribution < -0.4 is 4.74 Å². The Morgan fingerprint density at radius 2 is 1.95 bits per heavy atom. The highest BCUT2D eigenvalue weighted by Gasteiger charge is 2.13. The van der Waals surface area contributed by atoms with Crippen molar-refractivity contribution in [3.63, 3.8) is 0 Å². The molecular formula is C14H8BrNO3. The number of rotatable bonds is 3. The summed E-state index contributed by atoms with van der Waals surface area (Å²) in [6, 6.07) is 13.2. The summed E-state index contributed by atoms with van der Waals surface area (Å²) >= 11 is 3.26. The third-order valence-electron chi connectivity index (χ3n) is 2.40. The Balaban J connectivity index is 2.43. The van der Waals surface area contributed by atoms with Crippen LogP contribution in [0.3, 0.4) is 0 Å². The smallest absolute Gasteiger partial charge is 0.339 e. The van der Waals surface area contributed by atoms with Crippen LogP contribution in [0.5, 0.6) is 11.5 Å². The summed E-state index contributed by atoms with van der Waals surface area (Å²) < 4.78 is 6.28. The molecule has 5 heteroatoms. The molecular weight excluding hydrogens is 310 g/mol. The maximum atomic E-state index is 11.1. The molecule has 0 spiro atoms. The zero-order valence-electron chi connectivity index (χ0n) is 9.63. The van der Waals surface area contributed by atoms with E-state index in [2.05, 4.69) is 15.9 Å². The molecule has 1 N–H and O–H groups in total. The molecule has 2 aromatic rings. The highest BCUT2D eigenvalue weighted by molar-refractivity contribution is 9.10. The van der Waals surface area contributed by atoms with Crippen molar-refractivity contribution in [1.82, 2.24) is 0 Å². The molecule has 0 aromatic heterocycles. The van der Waals surface area contributed by atoms with Gasteiger partial charge in [0.25, 0.3) is 0 Å². The van der Waals surface area contributed by atoms with E-state index < -0.39 is 5.97 Å². The van der Waals surface area contributed by atoms with Crippen LogP contribution in [0.15, 0.2) is 46.9 Å². The minimum atomic E-state index is -1.08. The second kappa shape index (κ2) is 5.55. The second-order valence-electron chi connectivity index (χ2n) is 3.66. The number of carbonyl (C=O) groups is 1. The van der Waals surface area contributed by atoms with Gasteiger partial charge in [-0.2, -0.15) is 5.26 Å². The SMILES string of the molecule is N#Cc1cc(Br)ccc1Oc1ccccc1C(=O)O. The number of carboxylic acids is 1. The van der Waals surface area contributed by atoms with Crippen LogP contribution in [-0.4, -0.2) is 11.1 Å². The summed E-state index contributed by atoms with van der Waals surface area (Å²) in [4.78, 5) is 11.1. The van der Waals surface area contributed by atoms with Gasteiger partial charge >= 0.3 is 5.97 Å². The van der Waals surface area contributed by atoms with E-state index in [9.17, 15) is 4.79 Å². The quantitative estimate of drug-likeness (QED) is 0.934. The third kappa shape index (κ3) is 2.92. The Morgan fingerprint density at radius 1 is 1.21 bits per heavy atom. The van der Waals surface area contributed by atoms with Gasteiger partial charge in [0.15, 0.2) is 0 Å². The third-order valence-corrected chi connectivity index (χ3v) is 2.89. The zero-order valence-corrected chi connectivity index (χ0v) is 11.2. The Bertz CT molecular complexity index is 677. The molecule has 4 nitrogen and oxygen atoms in total. The topological polar surface area (TPSA) is 70.3 Å². The largest absolute Gasteiger partial charge is 0.478 e. The first-order chi connectivity index (χ1) is 9.11. The fraction of sp³-hybridized carbons (Fsp3) is 0. The number of halogens is 1. The highest BCUT2D eigenvalue weighted by atomic mass is 79.9. The van der Waals surface area contributed by atoms with Crippen LogP contribution in [0, 0.1) is 11.3 Å². The van der Waals surface area contributed by atoms with Gasteiger partial charge in [-0.25, -0.2) is 4.79 Å². The fourth-order valence-corrected chi connectivity index (χ4v) is 1.89. The predicted octanol–water partition coefficient (Wildman–Crippen LogP) is 3.81. The van der Waals surface area contributed by atoms with Crippen molar-refractivity contribution in [2.45, 2.75) is 0 Å². The van der Waals surface area contributed by atoms with Gasteiger partial charge in [-0.1, -0.05) is 28.1 Å². The monoisotopic (exact) mass is 317 g/mol. The minimum Gasteiger partial charge on any atom is -0.478 e. The van der Waals surface area contributed by atoms with E-state index in [0.29, 0.717) is 11.3 Å². The summed E-state index contributed by atoms with van der Waals surface area (Å²) in [6.07, 6.45) is 0. The molecule has 0 heterocycles. The average Bonchev–Trinajstić information content (AvgIpc) is 2.41. The maximum absolute atomic E-state index is 11.1.